The number of hydrogen-bond donors (Lipinski definition) is 0. The third kappa shape index (κ3) is 5.30. The van der Waals surface area contributed by atoms with Crippen molar-refractivity contribution in [2.45, 2.75) is 0 Å². The Hall–Kier alpha value is -8.72. The van der Waals surface area contributed by atoms with E-state index in [1.165, 1.54) is 104 Å². The second kappa shape index (κ2) is 14.4. The lowest BCUT2D eigenvalue weighted by molar-refractivity contribution is 0.670. The number of fused-ring (bicyclic) bond motifs is 10. The topological polar surface area (TPSA) is 18.1 Å². The van der Waals surface area contributed by atoms with Crippen LogP contribution >= 0.6 is 0 Å². The van der Waals surface area contributed by atoms with Gasteiger partial charge in [-0.3, -0.25) is 0 Å². The summed E-state index contributed by atoms with van der Waals surface area (Å²) in [5, 5.41) is 14.5. The molecule has 0 bridgehead atoms. The van der Waals surface area contributed by atoms with Gasteiger partial charge in [-0.1, -0.05) is 206 Å². The Morgan fingerprint density at radius 2 is 0.712 bits per heavy atom. The van der Waals surface area contributed by atoms with Crippen LogP contribution in [0, 0.1) is 0 Å². The summed E-state index contributed by atoms with van der Waals surface area (Å²) in [4.78, 5) is 0. The maximum Gasteiger partial charge on any atom is 0.143 e. The van der Waals surface area contributed by atoms with Crippen LogP contribution < -0.4 is 0 Å². The lowest BCUT2D eigenvalue weighted by Gasteiger charge is -2.19. The molecule has 0 amide bonds. The number of hydrogen-bond acceptors (Lipinski definition) is 1. The molecule has 0 spiro atoms. The highest BCUT2D eigenvalue weighted by Gasteiger charge is 2.24. The summed E-state index contributed by atoms with van der Waals surface area (Å²) in [5.41, 5.74) is 14.9. The standard InChI is InChI=1S/C64H39NO/c1-3-19-40(20-4-1)59-44-24-7-9-26-46(44)60(47-27-10-8-25-45(47)59)41-37-38-58-56(39-41)53-33-18-35-55(64(53)66-58)62-50-30-13-11-28-48(50)61(49-29-12-14-31-51(49)62)54-34-17-32-52-43-23-15-16-36-57(43)65(63(52)54)42-21-5-2-6-22-42/h1-39H. The largest absolute Gasteiger partial charge is 0.455 e. The van der Waals surface area contributed by atoms with Crippen LogP contribution in [0.3, 0.4) is 0 Å². The molecule has 2 heteroatoms. The second-order valence-corrected chi connectivity index (χ2v) is 17.4. The smallest absolute Gasteiger partial charge is 0.143 e. The van der Waals surface area contributed by atoms with Gasteiger partial charge in [0.25, 0.3) is 0 Å². The number of rotatable bonds is 5. The highest BCUT2D eigenvalue weighted by Crippen LogP contribution is 2.50. The van der Waals surface area contributed by atoms with Gasteiger partial charge in [0.2, 0.25) is 0 Å². The van der Waals surface area contributed by atoms with Crippen molar-refractivity contribution in [1.82, 2.24) is 4.57 Å². The van der Waals surface area contributed by atoms with Gasteiger partial charge in [0.05, 0.1) is 11.0 Å². The van der Waals surface area contributed by atoms with E-state index in [0.29, 0.717) is 0 Å². The highest BCUT2D eigenvalue weighted by atomic mass is 16.3. The molecule has 14 aromatic rings. The van der Waals surface area contributed by atoms with E-state index in [4.69, 9.17) is 4.42 Å². The number of benzene rings is 12. The van der Waals surface area contributed by atoms with Crippen LogP contribution in [0.25, 0.3) is 137 Å². The van der Waals surface area contributed by atoms with E-state index in [1.807, 2.05) is 0 Å². The van der Waals surface area contributed by atoms with Crippen molar-refractivity contribution < 1.29 is 4.42 Å². The van der Waals surface area contributed by atoms with E-state index in [0.717, 1.165) is 33.2 Å². The van der Waals surface area contributed by atoms with Crippen molar-refractivity contribution in [3.8, 4) is 50.2 Å². The van der Waals surface area contributed by atoms with Gasteiger partial charge in [-0.25, -0.2) is 0 Å². The fraction of sp³-hybridized carbons (Fsp3) is 0. The van der Waals surface area contributed by atoms with Crippen LogP contribution in [-0.2, 0) is 0 Å². The average Bonchev–Trinajstić information content (AvgIpc) is 3.94. The molecule has 66 heavy (non-hydrogen) atoms. The summed E-state index contributed by atoms with van der Waals surface area (Å²) >= 11 is 0. The zero-order valence-corrected chi connectivity index (χ0v) is 35.9. The summed E-state index contributed by atoms with van der Waals surface area (Å²) in [6, 6.07) is 86.3. The number of nitrogens with zero attached hydrogens (tertiary/aromatic N) is 1. The first-order valence-corrected chi connectivity index (χ1v) is 22.8. The first-order valence-electron chi connectivity index (χ1n) is 22.8. The molecule has 12 aromatic carbocycles. The van der Waals surface area contributed by atoms with Gasteiger partial charge in [-0.15, -0.1) is 0 Å². The molecule has 0 atom stereocenters. The molecule has 0 radical (unpaired) electrons. The molecule has 0 aliphatic heterocycles. The zero-order chi connectivity index (χ0) is 43.3. The van der Waals surface area contributed by atoms with Crippen molar-refractivity contribution in [3.05, 3.63) is 237 Å². The van der Waals surface area contributed by atoms with Gasteiger partial charge in [-0.05, 0) is 101 Å². The van der Waals surface area contributed by atoms with Gasteiger partial charge < -0.3 is 8.98 Å². The monoisotopic (exact) mass is 837 g/mol. The first kappa shape index (κ1) is 36.7. The Kier molecular flexibility index (Phi) is 8.02. The Labute approximate surface area is 380 Å². The van der Waals surface area contributed by atoms with E-state index in [-0.39, 0.29) is 0 Å². The van der Waals surface area contributed by atoms with Crippen LogP contribution in [0.15, 0.2) is 241 Å². The Morgan fingerprint density at radius 3 is 1.30 bits per heavy atom. The normalized spacial score (nSPS) is 11.9. The molecule has 306 valence electrons. The molecule has 14 rings (SSSR count). The second-order valence-electron chi connectivity index (χ2n) is 17.4. The average molecular weight is 838 g/mol. The van der Waals surface area contributed by atoms with E-state index in [9.17, 15) is 0 Å². The Morgan fingerprint density at radius 1 is 0.273 bits per heavy atom. The minimum Gasteiger partial charge on any atom is -0.455 e. The first-order chi connectivity index (χ1) is 32.8. The molecular weight excluding hydrogens is 799 g/mol. The van der Waals surface area contributed by atoms with E-state index < -0.39 is 0 Å². The molecule has 0 aliphatic rings. The van der Waals surface area contributed by atoms with Crippen LogP contribution in [0.5, 0.6) is 0 Å². The van der Waals surface area contributed by atoms with Gasteiger partial charge >= 0.3 is 0 Å². The quantitative estimate of drug-likeness (QED) is 0.158. The fourth-order valence-corrected chi connectivity index (χ4v) is 11.3. The molecule has 0 aliphatic carbocycles. The lowest BCUT2D eigenvalue weighted by Crippen LogP contribution is -1.96. The molecule has 0 fully saturated rings. The van der Waals surface area contributed by atoms with Crippen molar-refractivity contribution in [1.29, 1.82) is 0 Å². The van der Waals surface area contributed by atoms with Crippen molar-refractivity contribution in [2.75, 3.05) is 0 Å². The highest BCUT2D eigenvalue weighted by molar-refractivity contribution is 6.28. The maximum atomic E-state index is 7.05. The van der Waals surface area contributed by atoms with Crippen molar-refractivity contribution >= 4 is 86.8 Å². The van der Waals surface area contributed by atoms with Crippen LogP contribution in [-0.4, -0.2) is 4.57 Å². The molecule has 0 unspecified atom stereocenters. The van der Waals surface area contributed by atoms with E-state index in [2.05, 4.69) is 241 Å². The SMILES string of the molecule is c1ccc(-c2c3ccccc3c(-c3ccc4oc5c(-c6c7ccccc7c(-c7cccc8c9ccccc9n(-c9ccccc9)c78)c7ccccc67)cccc5c4c3)c3ccccc23)cc1. The van der Waals surface area contributed by atoms with Crippen LogP contribution in [0.4, 0.5) is 0 Å². The molecule has 2 nitrogen and oxygen atoms in total. The molecule has 0 saturated heterocycles. The fourth-order valence-electron chi connectivity index (χ4n) is 11.3. The summed E-state index contributed by atoms with van der Waals surface area (Å²) in [7, 11) is 0. The van der Waals surface area contributed by atoms with Crippen LogP contribution in [0.2, 0.25) is 0 Å². The number of aromatic nitrogens is 1. The summed E-state index contributed by atoms with van der Waals surface area (Å²) in [6.45, 7) is 0. The van der Waals surface area contributed by atoms with Gasteiger partial charge in [0.15, 0.2) is 0 Å². The van der Waals surface area contributed by atoms with Crippen molar-refractivity contribution in [3.63, 3.8) is 0 Å². The molecule has 0 saturated carbocycles. The number of para-hydroxylation sites is 4. The summed E-state index contributed by atoms with van der Waals surface area (Å²) in [6.07, 6.45) is 0. The molecular formula is C64H39NO. The predicted molar refractivity (Wildman–Crippen MR) is 280 cm³/mol. The van der Waals surface area contributed by atoms with Crippen molar-refractivity contribution in [2.24, 2.45) is 0 Å². The summed E-state index contributed by atoms with van der Waals surface area (Å²) < 4.78 is 9.49. The molecule has 0 N–H and O–H groups in total. The lowest BCUT2D eigenvalue weighted by atomic mass is 9.85. The summed E-state index contributed by atoms with van der Waals surface area (Å²) in [5.74, 6) is 0. The van der Waals surface area contributed by atoms with E-state index >= 15 is 0 Å². The Bertz CT molecular complexity index is 4160. The minimum absolute atomic E-state index is 0.876. The molecule has 2 heterocycles. The van der Waals surface area contributed by atoms with Crippen LogP contribution in [0.1, 0.15) is 0 Å². The Balaban J connectivity index is 1.02. The maximum absolute atomic E-state index is 7.05. The van der Waals surface area contributed by atoms with Gasteiger partial charge in [-0.2, -0.15) is 0 Å². The predicted octanol–water partition coefficient (Wildman–Crippen LogP) is 18.0. The minimum atomic E-state index is 0.876. The number of furan rings is 1. The zero-order valence-electron chi connectivity index (χ0n) is 35.9. The van der Waals surface area contributed by atoms with Gasteiger partial charge in [0.1, 0.15) is 11.2 Å². The third-order valence-electron chi connectivity index (χ3n) is 14.0. The molecule has 2 aromatic heterocycles. The van der Waals surface area contributed by atoms with E-state index in [1.54, 1.807) is 0 Å². The van der Waals surface area contributed by atoms with Gasteiger partial charge in [0, 0.05) is 43.9 Å². The third-order valence-corrected chi connectivity index (χ3v) is 14.0.